The topological polar surface area (TPSA) is 50.2 Å². The van der Waals surface area contributed by atoms with Gasteiger partial charge in [0.15, 0.2) is 0 Å². The molecule has 1 aliphatic heterocycles. The number of amides is 1. The highest BCUT2D eigenvalue weighted by Gasteiger charge is 2.21. The highest BCUT2D eigenvalue weighted by molar-refractivity contribution is 5.94. The van der Waals surface area contributed by atoms with E-state index in [1.54, 1.807) is 0 Å². The minimum absolute atomic E-state index is 0.00765. The number of rotatable bonds is 7. The van der Waals surface area contributed by atoms with Crippen LogP contribution in [0.25, 0.3) is 11.1 Å². The summed E-state index contributed by atoms with van der Waals surface area (Å²) in [7, 11) is 0. The summed E-state index contributed by atoms with van der Waals surface area (Å²) in [6.07, 6.45) is 6.24. The first-order valence-electron chi connectivity index (χ1n) is 10.9. The van der Waals surface area contributed by atoms with Crippen LogP contribution in [-0.2, 0) is 13.1 Å². The fourth-order valence-corrected chi connectivity index (χ4v) is 4.22. The van der Waals surface area contributed by atoms with Crippen molar-refractivity contribution >= 4 is 5.91 Å². The molecule has 1 aliphatic rings. The second kappa shape index (κ2) is 9.72. The van der Waals surface area contributed by atoms with Crippen molar-refractivity contribution in [2.45, 2.75) is 32.9 Å². The molecule has 3 aromatic rings. The fraction of sp³-hybridized carbons (Fsp3) is 0.360. The third-order valence-electron chi connectivity index (χ3n) is 5.92. The lowest BCUT2D eigenvalue weighted by atomic mass is 9.97. The zero-order valence-corrected chi connectivity index (χ0v) is 17.6. The van der Waals surface area contributed by atoms with Gasteiger partial charge in [0.25, 0.3) is 5.91 Å². The van der Waals surface area contributed by atoms with Crippen molar-refractivity contribution < 1.29 is 4.79 Å². The molecule has 1 aromatic heterocycles. The van der Waals surface area contributed by atoms with Crippen molar-refractivity contribution in [3.63, 3.8) is 0 Å². The standard InChI is InChI=1S/C25H30N4O/c1-2-29-16-14-26-24(29)19-28-15-6-7-20(18-28)17-27-25(30)23-12-10-22(11-13-23)21-8-4-3-5-9-21/h3-5,8-14,16,20H,2,6-7,15,17-19H2,1H3,(H,27,30)/t20-/m1/s1. The lowest BCUT2D eigenvalue weighted by Crippen LogP contribution is -2.41. The van der Waals surface area contributed by atoms with Crippen LogP contribution in [0.1, 0.15) is 35.9 Å². The van der Waals surface area contributed by atoms with Gasteiger partial charge < -0.3 is 9.88 Å². The molecular formula is C25H30N4O. The van der Waals surface area contributed by atoms with Crippen LogP contribution in [0, 0.1) is 5.92 Å². The number of hydrogen-bond donors (Lipinski definition) is 1. The first-order valence-corrected chi connectivity index (χ1v) is 10.9. The molecule has 0 unspecified atom stereocenters. The largest absolute Gasteiger partial charge is 0.352 e. The maximum Gasteiger partial charge on any atom is 0.251 e. The summed E-state index contributed by atoms with van der Waals surface area (Å²) in [6, 6.07) is 18.1. The summed E-state index contributed by atoms with van der Waals surface area (Å²) in [5.74, 6) is 1.62. The van der Waals surface area contributed by atoms with Gasteiger partial charge in [0.1, 0.15) is 5.82 Å². The molecular weight excluding hydrogens is 372 g/mol. The molecule has 1 saturated heterocycles. The first-order chi connectivity index (χ1) is 14.7. The quantitative estimate of drug-likeness (QED) is 0.644. The van der Waals surface area contributed by atoms with Crippen LogP contribution >= 0.6 is 0 Å². The van der Waals surface area contributed by atoms with Crippen LogP contribution < -0.4 is 5.32 Å². The molecule has 0 aliphatic carbocycles. The molecule has 4 rings (SSSR count). The van der Waals surface area contributed by atoms with Crippen molar-refractivity contribution in [1.29, 1.82) is 0 Å². The van der Waals surface area contributed by atoms with Crippen molar-refractivity contribution in [3.05, 3.63) is 78.4 Å². The van der Waals surface area contributed by atoms with E-state index in [0.717, 1.165) is 56.1 Å². The number of likely N-dealkylation sites (tertiary alicyclic amines) is 1. The Morgan fingerprint density at radius 2 is 1.87 bits per heavy atom. The Morgan fingerprint density at radius 1 is 1.10 bits per heavy atom. The Kier molecular flexibility index (Phi) is 6.60. The smallest absolute Gasteiger partial charge is 0.251 e. The zero-order valence-electron chi connectivity index (χ0n) is 17.6. The Morgan fingerprint density at radius 3 is 2.63 bits per heavy atom. The average molecular weight is 403 g/mol. The number of nitrogens with zero attached hydrogens (tertiary/aromatic N) is 3. The maximum atomic E-state index is 12.6. The molecule has 2 heterocycles. The van der Waals surface area contributed by atoms with Crippen LogP contribution in [-0.4, -0.2) is 40.0 Å². The Hall–Kier alpha value is -2.92. The highest BCUT2D eigenvalue weighted by Crippen LogP contribution is 2.20. The molecule has 30 heavy (non-hydrogen) atoms. The lowest BCUT2D eigenvalue weighted by Gasteiger charge is -2.32. The molecule has 0 radical (unpaired) electrons. The van der Waals surface area contributed by atoms with Gasteiger partial charge in [-0.1, -0.05) is 42.5 Å². The van der Waals surface area contributed by atoms with Gasteiger partial charge in [0.2, 0.25) is 0 Å². The number of aryl methyl sites for hydroxylation is 1. The van der Waals surface area contributed by atoms with Gasteiger partial charge in [-0.3, -0.25) is 9.69 Å². The van der Waals surface area contributed by atoms with Crippen molar-refractivity contribution in [1.82, 2.24) is 19.8 Å². The van der Waals surface area contributed by atoms with E-state index in [4.69, 9.17) is 0 Å². The average Bonchev–Trinajstić information content (AvgIpc) is 3.25. The van der Waals surface area contributed by atoms with Gasteiger partial charge in [0.05, 0.1) is 6.54 Å². The Balaban J connectivity index is 1.29. The molecule has 1 atom stereocenters. The van der Waals surface area contributed by atoms with Crippen LogP contribution in [0.15, 0.2) is 67.0 Å². The first kappa shape index (κ1) is 20.4. The normalized spacial score (nSPS) is 17.0. The Labute approximate surface area is 178 Å². The monoisotopic (exact) mass is 402 g/mol. The molecule has 1 fully saturated rings. The third kappa shape index (κ3) is 4.97. The number of hydrogen-bond acceptors (Lipinski definition) is 3. The molecule has 0 saturated carbocycles. The van der Waals surface area contributed by atoms with Crippen LogP contribution in [0.2, 0.25) is 0 Å². The minimum atomic E-state index is 0.00765. The molecule has 5 heteroatoms. The number of piperidine rings is 1. The van der Waals surface area contributed by atoms with E-state index >= 15 is 0 Å². The van der Waals surface area contributed by atoms with E-state index in [1.165, 1.54) is 6.42 Å². The van der Waals surface area contributed by atoms with Gasteiger partial charge in [-0.15, -0.1) is 0 Å². The predicted octanol–water partition coefficient (Wildman–Crippen LogP) is 4.21. The molecule has 0 spiro atoms. The van der Waals surface area contributed by atoms with Crippen LogP contribution in [0.5, 0.6) is 0 Å². The van der Waals surface area contributed by atoms with E-state index in [2.05, 4.69) is 38.8 Å². The zero-order chi connectivity index (χ0) is 20.8. The van der Waals surface area contributed by atoms with Gasteiger partial charge in [-0.2, -0.15) is 0 Å². The van der Waals surface area contributed by atoms with E-state index in [9.17, 15) is 4.79 Å². The fourth-order valence-electron chi connectivity index (χ4n) is 4.22. The Bertz CT molecular complexity index is 949. The molecule has 0 bridgehead atoms. The number of aromatic nitrogens is 2. The summed E-state index contributed by atoms with van der Waals surface area (Å²) in [6.45, 7) is 6.80. The number of benzene rings is 2. The SMILES string of the molecule is CCn1ccnc1CN1CCC[C@H](CNC(=O)c2ccc(-c3ccccc3)cc2)C1. The van der Waals surface area contributed by atoms with E-state index in [0.29, 0.717) is 11.5 Å². The summed E-state index contributed by atoms with van der Waals surface area (Å²) in [5, 5.41) is 3.14. The predicted molar refractivity (Wildman–Crippen MR) is 120 cm³/mol. The number of nitrogens with one attached hydrogen (secondary N) is 1. The van der Waals surface area contributed by atoms with Crippen LogP contribution in [0.3, 0.4) is 0 Å². The molecule has 2 aromatic carbocycles. The summed E-state index contributed by atoms with van der Waals surface area (Å²) < 4.78 is 2.20. The van der Waals surface area contributed by atoms with Gasteiger partial charge >= 0.3 is 0 Å². The summed E-state index contributed by atoms with van der Waals surface area (Å²) in [4.78, 5) is 19.6. The summed E-state index contributed by atoms with van der Waals surface area (Å²) >= 11 is 0. The number of imidazole rings is 1. The van der Waals surface area contributed by atoms with Crippen molar-refractivity contribution in [2.24, 2.45) is 5.92 Å². The third-order valence-corrected chi connectivity index (χ3v) is 5.92. The minimum Gasteiger partial charge on any atom is -0.352 e. The second-order valence-corrected chi connectivity index (χ2v) is 8.03. The maximum absolute atomic E-state index is 12.6. The van der Waals surface area contributed by atoms with Crippen molar-refractivity contribution in [3.8, 4) is 11.1 Å². The van der Waals surface area contributed by atoms with Crippen molar-refractivity contribution in [2.75, 3.05) is 19.6 Å². The highest BCUT2D eigenvalue weighted by atomic mass is 16.1. The number of carbonyl (C=O) groups is 1. The number of carbonyl (C=O) groups excluding carboxylic acids is 1. The van der Waals surface area contributed by atoms with E-state index in [1.807, 2.05) is 54.9 Å². The lowest BCUT2D eigenvalue weighted by molar-refractivity contribution is 0.0929. The van der Waals surface area contributed by atoms with Gasteiger partial charge in [-0.25, -0.2) is 4.98 Å². The molecule has 5 nitrogen and oxygen atoms in total. The van der Waals surface area contributed by atoms with Crippen LogP contribution in [0.4, 0.5) is 0 Å². The second-order valence-electron chi connectivity index (χ2n) is 8.03. The van der Waals surface area contributed by atoms with E-state index < -0.39 is 0 Å². The molecule has 1 N–H and O–H groups in total. The molecule has 1 amide bonds. The summed E-state index contributed by atoms with van der Waals surface area (Å²) in [5.41, 5.74) is 3.00. The van der Waals surface area contributed by atoms with Gasteiger partial charge in [0, 0.05) is 37.6 Å². The van der Waals surface area contributed by atoms with Gasteiger partial charge in [-0.05, 0) is 55.5 Å². The van der Waals surface area contributed by atoms with E-state index in [-0.39, 0.29) is 5.91 Å². The molecule has 156 valence electrons.